The van der Waals surface area contributed by atoms with Gasteiger partial charge in [0.2, 0.25) is 5.91 Å². The van der Waals surface area contributed by atoms with E-state index in [0.717, 1.165) is 43.0 Å². The molecule has 3 rings (SSSR count). The highest BCUT2D eigenvalue weighted by Crippen LogP contribution is 2.24. The minimum Gasteiger partial charge on any atom is -0.375 e. The van der Waals surface area contributed by atoms with Gasteiger partial charge in [-0.1, -0.05) is 0 Å². The summed E-state index contributed by atoms with van der Waals surface area (Å²) in [6.45, 7) is 1.69. The molecule has 1 fully saturated rings. The van der Waals surface area contributed by atoms with Gasteiger partial charge >= 0.3 is 0 Å². The smallest absolute Gasteiger partial charge is 0.248 e. The van der Waals surface area contributed by atoms with Gasteiger partial charge in [0.1, 0.15) is 12.3 Å². The van der Waals surface area contributed by atoms with Gasteiger partial charge in [-0.3, -0.25) is 19.9 Å². The molecule has 22 heavy (non-hydrogen) atoms. The molecule has 1 saturated heterocycles. The van der Waals surface area contributed by atoms with E-state index in [4.69, 9.17) is 4.74 Å². The molecule has 1 aliphatic heterocycles. The summed E-state index contributed by atoms with van der Waals surface area (Å²) in [6.07, 6.45) is 6.88. The molecule has 0 bridgehead atoms. The molecule has 116 valence electrons. The third kappa shape index (κ3) is 3.14. The Balaban J connectivity index is 1.69. The number of aromatic amines is 1. The van der Waals surface area contributed by atoms with Crippen molar-refractivity contribution in [2.45, 2.75) is 12.8 Å². The van der Waals surface area contributed by atoms with Crippen molar-refractivity contribution < 1.29 is 9.53 Å². The number of methoxy groups -OCH3 is 1. The number of nitrogens with zero attached hydrogens (tertiary/aromatic N) is 4. The van der Waals surface area contributed by atoms with E-state index in [9.17, 15) is 4.79 Å². The Kier molecular flexibility index (Phi) is 4.43. The zero-order chi connectivity index (χ0) is 15.4. The van der Waals surface area contributed by atoms with Crippen LogP contribution in [-0.4, -0.2) is 57.8 Å². The van der Waals surface area contributed by atoms with E-state index >= 15 is 0 Å². The van der Waals surface area contributed by atoms with E-state index < -0.39 is 0 Å². The molecule has 0 aromatic carbocycles. The highest BCUT2D eigenvalue weighted by molar-refractivity contribution is 5.77. The lowest BCUT2D eigenvalue weighted by Crippen LogP contribution is -2.31. The average Bonchev–Trinajstić information content (AvgIpc) is 3.19. The van der Waals surface area contributed by atoms with Crippen molar-refractivity contribution in [2.24, 2.45) is 5.92 Å². The second-order valence-electron chi connectivity index (χ2n) is 5.45. The predicted molar refractivity (Wildman–Crippen MR) is 79.9 cm³/mol. The van der Waals surface area contributed by atoms with E-state index in [0.29, 0.717) is 5.92 Å². The lowest BCUT2D eigenvalue weighted by atomic mass is 10.0. The van der Waals surface area contributed by atoms with Crippen molar-refractivity contribution >= 4 is 5.91 Å². The molecule has 1 amide bonds. The quantitative estimate of drug-likeness (QED) is 0.887. The fraction of sp³-hybridized carbons (Fsp3) is 0.467. The summed E-state index contributed by atoms with van der Waals surface area (Å²) in [5.74, 6) is 0.456. The van der Waals surface area contributed by atoms with Crippen molar-refractivity contribution in [2.75, 3.05) is 26.8 Å². The summed E-state index contributed by atoms with van der Waals surface area (Å²) >= 11 is 0. The van der Waals surface area contributed by atoms with Crippen LogP contribution in [0.3, 0.4) is 0 Å². The molecule has 0 radical (unpaired) electrons. The number of H-pyrrole nitrogens is 1. The standard InChI is InChI=1S/C15H19N5O2/c1-22-10-14(21)20-7-3-11(9-20)8-13-15(17-6-5-16-13)12-2-4-18-19-12/h2,4-6,11H,3,7-10H2,1H3,(H,18,19)/t11-/m0/s1. The van der Waals surface area contributed by atoms with Gasteiger partial charge in [-0.25, -0.2) is 0 Å². The molecule has 1 aliphatic rings. The summed E-state index contributed by atoms with van der Waals surface area (Å²) in [5, 5.41) is 6.90. The van der Waals surface area contributed by atoms with E-state index in [-0.39, 0.29) is 12.5 Å². The molecule has 1 N–H and O–H groups in total. The normalized spacial score (nSPS) is 17.9. The maximum absolute atomic E-state index is 11.9. The first-order valence-electron chi connectivity index (χ1n) is 7.34. The number of carbonyl (C=O) groups excluding carboxylic acids is 1. The van der Waals surface area contributed by atoms with Gasteiger partial charge in [0.15, 0.2) is 0 Å². The number of nitrogens with one attached hydrogen (secondary N) is 1. The van der Waals surface area contributed by atoms with E-state index in [1.54, 1.807) is 25.7 Å². The molecular weight excluding hydrogens is 282 g/mol. The Labute approximate surface area is 128 Å². The molecule has 0 saturated carbocycles. The average molecular weight is 301 g/mol. The number of aromatic nitrogens is 4. The molecular formula is C15H19N5O2. The summed E-state index contributed by atoms with van der Waals surface area (Å²) < 4.78 is 4.91. The number of hydrogen-bond donors (Lipinski definition) is 1. The Hall–Kier alpha value is -2.28. The molecule has 3 heterocycles. The van der Waals surface area contributed by atoms with Gasteiger partial charge in [0.25, 0.3) is 0 Å². The molecule has 1 atom stereocenters. The van der Waals surface area contributed by atoms with Crippen LogP contribution in [0.25, 0.3) is 11.4 Å². The van der Waals surface area contributed by atoms with E-state index in [2.05, 4.69) is 20.2 Å². The zero-order valence-electron chi connectivity index (χ0n) is 12.5. The van der Waals surface area contributed by atoms with Crippen LogP contribution in [0.5, 0.6) is 0 Å². The highest BCUT2D eigenvalue weighted by atomic mass is 16.5. The second-order valence-corrected chi connectivity index (χ2v) is 5.45. The Bertz CT molecular complexity index is 629. The Morgan fingerprint density at radius 2 is 2.27 bits per heavy atom. The van der Waals surface area contributed by atoms with Crippen LogP contribution in [0.15, 0.2) is 24.7 Å². The van der Waals surface area contributed by atoms with Crippen LogP contribution in [0.1, 0.15) is 12.1 Å². The topological polar surface area (TPSA) is 84.0 Å². The van der Waals surface area contributed by atoms with E-state index in [1.165, 1.54) is 0 Å². The van der Waals surface area contributed by atoms with Crippen molar-refractivity contribution in [3.05, 3.63) is 30.4 Å². The monoisotopic (exact) mass is 301 g/mol. The minimum absolute atomic E-state index is 0.0536. The fourth-order valence-corrected chi connectivity index (χ4v) is 2.84. The van der Waals surface area contributed by atoms with Crippen molar-refractivity contribution in [1.29, 1.82) is 0 Å². The first-order chi connectivity index (χ1) is 10.8. The van der Waals surface area contributed by atoms with Gasteiger partial charge in [-0.2, -0.15) is 5.10 Å². The number of hydrogen-bond acceptors (Lipinski definition) is 5. The van der Waals surface area contributed by atoms with Gasteiger partial charge < -0.3 is 9.64 Å². The van der Waals surface area contributed by atoms with E-state index in [1.807, 2.05) is 11.0 Å². The number of rotatable bonds is 5. The van der Waals surface area contributed by atoms with Crippen LogP contribution in [-0.2, 0) is 16.0 Å². The molecule has 2 aromatic heterocycles. The first kappa shape index (κ1) is 14.6. The predicted octanol–water partition coefficient (Wildman–Crippen LogP) is 0.904. The maximum Gasteiger partial charge on any atom is 0.248 e. The zero-order valence-corrected chi connectivity index (χ0v) is 12.5. The summed E-state index contributed by atoms with van der Waals surface area (Å²) in [6, 6.07) is 1.89. The van der Waals surface area contributed by atoms with Gasteiger partial charge in [0, 0.05) is 38.8 Å². The lowest BCUT2D eigenvalue weighted by Gasteiger charge is -2.16. The van der Waals surface area contributed by atoms with Gasteiger partial charge in [0.05, 0.1) is 11.4 Å². The minimum atomic E-state index is 0.0536. The number of carbonyl (C=O) groups is 1. The SMILES string of the molecule is COCC(=O)N1CC[C@@H](Cc2nccnc2-c2ccn[nH]2)C1. The second kappa shape index (κ2) is 6.65. The van der Waals surface area contributed by atoms with Crippen LogP contribution < -0.4 is 0 Å². The highest BCUT2D eigenvalue weighted by Gasteiger charge is 2.27. The van der Waals surface area contributed by atoms with Gasteiger partial charge in [-0.15, -0.1) is 0 Å². The maximum atomic E-state index is 11.9. The molecule has 0 unspecified atom stereocenters. The summed E-state index contributed by atoms with van der Waals surface area (Å²) in [7, 11) is 1.54. The van der Waals surface area contributed by atoms with Crippen LogP contribution in [0.2, 0.25) is 0 Å². The van der Waals surface area contributed by atoms with Crippen molar-refractivity contribution in [3.63, 3.8) is 0 Å². The van der Waals surface area contributed by atoms with Crippen molar-refractivity contribution in [1.82, 2.24) is 25.1 Å². The summed E-state index contributed by atoms with van der Waals surface area (Å²) in [4.78, 5) is 22.6. The third-order valence-electron chi connectivity index (χ3n) is 3.92. The molecule has 0 spiro atoms. The molecule has 7 heteroatoms. The number of likely N-dealkylation sites (tertiary alicyclic amines) is 1. The van der Waals surface area contributed by atoms with Crippen LogP contribution in [0, 0.1) is 5.92 Å². The Morgan fingerprint density at radius 3 is 3.05 bits per heavy atom. The molecule has 0 aliphatic carbocycles. The number of amides is 1. The first-order valence-corrected chi connectivity index (χ1v) is 7.34. The van der Waals surface area contributed by atoms with Crippen molar-refractivity contribution in [3.8, 4) is 11.4 Å². The summed E-state index contributed by atoms with van der Waals surface area (Å²) in [5.41, 5.74) is 2.65. The number of ether oxygens (including phenoxy) is 1. The lowest BCUT2D eigenvalue weighted by molar-refractivity contribution is -0.134. The molecule has 7 nitrogen and oxygen atoms in total. The van der Waals surface area contributed by atoms with Crippen LogP contribution in [0.4, 0.5) is 0 Å². The van der Waals surface area contributed by atoms with Crippen LogP contribution >= 0.6 is 0 Å². The third-order valence-corrected chi connectivity index (χ3v) is 3.92. The van der Waals surface area contributed by atoms with Gasteiger partial charge in [-0.05, 0) is 24.8 Å². The molecule has 2 aromatic rings. The Morgan fingerprint density at radius 1 is 1.41 bits per heavy atom. The largest absolute Gasteiger partial charge is 0.375 e. The fourth-order valence-electron chi connectivity index (χ4n) is 2.84.